The third-order valence-corrected chi connectivity index (χ3v) is 4.57. The molecule has 2 aromatic rings. The summed E-state index contributed by atoms with van der Waals surface area (Å²) in [4.78, 5) is 4.65. The van der Waals surface area contributed by atoms with Gasteiger partial charge in [-0.25, -0.2) is 4.98 Å². The van der Waals surface area contributed by atoms with Gasteiger partial charge in [0.15, 0.2) is 0 Å². The lowest BCUT2D eigenvalue weighted by Gasteiger charge is -2.11. The zero-order valence-electron chi connectivity index (χ0n) is 10.1. The van der Waals surface area contributed by atoms with Crippen molar-refractivity contribution in [3.8, 4) is 0 Å². The Morgan fingerprint density at radius 3 is 3.00 bits per heavy atom. The summed E-state index contributed by atoms with van der Waals surface area (Å²) >= 11 is 1.82. The first kappa shape index (κ1) is 11.2. The van der Waals surface area contributed by atoms with E-state index in [1.165, 1.54) is 22.5 Å². The Bertz CT molecular complexity index is 469. The van der Waals surface area contributed by atoms with Crippen molar-refractivity contribution in [3.63, 3.8) is 0 Å². The van der Waals surface area contributed by atoms with E-state index >= 15 is 0 Å². The van der Waals surface area contributed by atoms with Gasteiger partial charge in [-0.1, -0.05) is 12.1 Å². The number of hydrogen-bond donors (Lipinski definition) is 1. The minimum absolute atomic E-state index is 0.685. The molecule has 0 radical (unpaired) electrons. The number of thiazole rings is 1. The molecule has 90 valence electrons. The monoisotopic (exact) mass is 246 g/mol. The topological polar surface area (TPSA) is 24.9 Å². The molecule has 1 aliphatic carbocycles. The molecular weight excluding hydrogens is 228 g/mol. The Balaban J connectivity index is 1.57. The van der Waals surface area contributed by atoms with E-state index in [1.807, 2.05) is 11.3 Å². The van der Waals surface area contributed by atoms with E-state index in [0.29, 0.717) is 6.04 Å². The van der Waals surface area contributed by atoms with E-state index in [2.05, 4.69) is 41.5 Å². The molecule has 0 bridgehead atoms. The Labute approximate surface area is 106 Å². The highest BCUT2D eigenvalue weighted by molar-refractivity contribution is 7.18. The van der Waals surface area contributed by atoms with Gasteiger partial charge in [0.2, 0.25) is 0 Å². The van der Waals surface area contributed by atoms with Crippen LogP contribution < -0.4 is 5.32 Å². The molecule has 17 heavy (non-hydrogen) atoms. The highest BCUT2D eigenvalue weighted by Gasteiger charge is 2.27. The minimum atomic E-state index is 0.685. The molecule has 1 heterocycles. The zero-order valence-corrected chi connectivity index (χ0v) is 11.0. The predicted molar refractivity (Wildman–Crippen MR) is 73.5 cm³/mol. The van der Waals surface area contributed by atoms with Crippen LogP contribution in [0.2, 0.25) is 0 Å². The summed E-state index contributed by atoms with van der Waals surface area (Å²) in [5, 5.41) is 4.86. The molecule has 2 nitrogen and oxygen atoms in total. The Kier molecular flexibility index (Phi) is 3.12. The summed E-state index contributed by atoms with van der Waals surface area (Å²) in [5.74, 6) is 0.936. The van der Waals surface area contributed by atoms with Gasteiger partial charge >= 0.3 is 0 Å². The van der Waals surface area contributed by atoms with Crippen molar-refractivity contribution in [2.45, 2.75) is 32.2 Å². The maximum atomic E-state index is 4.65. The molecule has 1 N–H and O–H groups in total. The van der Waals surface area contributed by atoms with Crippen molar-refractivity contribution in [2.24, 2.45) is 5.92 Å². The summed E-state index contributed by atoms with van der Waals surface area (Å²) in [6.07, 6.45) is 3.88. The predicted octanol–water partition coefficient (Wildman–Crippen LogP) is 3.23. The van der Waals surface area contributed by atoms with Crippen LogP contribution in [0.4, 0.5) is 0 Å². The molecular formula is C14H18N2S. The van der Waals surface area contributed by atoms with Crippen molar-refractivity contribution < 1.29 is 0 Å². The SMILES string of the molecule is CC(NCCc1nc2ccccc2s1)C1CC1. The van der Waals surface area contributed by atoms with Crippen LogP contribution in [0.3, 0.4) is 0 Å². The number of fused-ring (bicyclic) bond motifs is 1. The van der Waals surface area contributed by atoms with Gasteiger partial charge in [0.1, 0.15) is 0 Å². The first-order chi connectivity index (χ1) is 8.33. The molecule has 1 unspecified atom stereocenters. The standard InChI is InChI=1S/C14H18N2S/c1-10(11-6-7-11)15-9-8-14-16-12-4-2-3-5-13(12)17-14/h2-5,10-11,15H,6-9H2,1H3. The third-order valence-electron chi connectivity index (χ3n) is 3.47. The lowest BCUT2D eigenvalue weighted by atomic mass is 10.2. The van der Waals surface area contributed by atoms with Crippen molar-refractivity contribution >= 4 is 21.6 Å². The number of rotatable bonds is 5. The highest BCUT2D eigenvalue weighted by Crippen LogP contribution is 2.32. The van der Waals surface area contributed by atoms with Crippen molar-refractivity contribution in [3.05, 3.63) is 29.3 Å². The number of nitrogens with zero attached hydrogens (tertiary/aromatic N) is 1. The third kappa shape index (κ3) is 2.67. The van der Waals surface area contributed by atoms with Gasteiger partial charge in [0, 0.05) is 19.0 Å². The van der Waals surface area contributed by atoms with Crippen molar-refractivity contribution in [1.29, 1.82) is 0 Å². The summed E-state index contributed by atoms with van der Waals surface area (Å²) in [5.41, 5.74) is 1.14. The molecule has 1 aromatic heterocycles. The molecule has 0 aliphatic heterocycles. The fourth-order valence-corrected chi connectivity index (χ4v) is 3.16. The van der Waals surface area contributed by atoms with E-state index in [4.69, 9.17) is 0 Å². The number of para-hydroxylation sites is 1. The molecule has 3 rings (SSSR count). The quantitative estimate of drug-likeness (QED) is 0.876. The molecule has 1 saturated carbocycles. The average molecular weight is 246 g/mol. The minimum Gasteiger partial charge on any atom is -0.314 e. The molecule has 1 aromatic carbocycles. The summed E-state index contributed by atoms with van der Waals surface area (Å²) in [7, 11) is 0. The van der Waals surface area contributed by atoms with E-state index in [0.717, 1.165) is 24.4 Å². The first-order valence-corrected chi connectivity index (χ1v) is 7.22. The van der Waals surface area contributed by atoms with E-state index in [1.54, 1.807) is 0 Å². The van der Waals surface area contributed by atoms with E-state index < -0.39 is 0 Å². The van der Waals surface area contributed by atoms with Crippen molar-refractivity contribution in [2.75, 3.05) is 6.54 Å². The van der Waals surface area contributed by atoms with Gasteiger partial charge in [0.05, 0.1) is 15.2 Å². The van der Waals surface area contributed by atoms with Crippen LogP contribution in [0.25, 0.3) is 10.2 Å². The first-order valence-electron chi connectivity index (χ1n) is 6.41. The Morgan fingerprint density at radius 1 is 1.41 bits per heavy atom. The normalized spacial score (nSPS) is 17.5. The van der Waals surface area contributed by atoms with E-state index in [9.17, 15) is 0 Å². The smallest absolute Gasteiger partial charge is 0.0951 e. The molecule has 0 spiro atoms. The molecule has 1 aliphatic rings. The Morgan fingerprint density at radius 2 is 2.24 bits per heavy atom. The summed E-state index contributed by atoms with van der Waals surface area (Å²) < 4.78 is 1.30. The van der Waals surface area contributed by atoms with Crippen LogP contribution in [-0.4, -0.2) is 17.6 Å². The number of benzene rings is 1. The molecule has 0 saturated heterocycles. The Hall–Kier alpha value is -0.930. The van der Waals surface area contributed by atoms with Crippen LogP contribution in [0.1, 0.15) is 24.8 Å². The van der Waals surface area contributed by atoms with Crippen LogP contribution in [-0.2, 0) is 6.42 Å². The fraction of sp³-hybridized carbons (Fsp3) is 0.500. The molecule has 1 fully saturated rings. The molecule has 3 heteroatoms. The second-order valence-electron chi connectivity index (χ2n) is 4.91. The summed E-state index contributed by atoms with van der Waals surface area (Å²) in [6, 6.07) is 9.06. The van der Waals surface area contributed by atoms with Crippen molar-refractivity contribution in [1.82, 2.24) is 10.3 Å². The van der Waals surface area contributed by atoms with E-state index in [-0.39, 0.29) is 0 Å². The lowest BCUT2D eigenvalue weighted by Crippen LogP contribution is -2.29. The second kappa shape index (κ2) is 4.75. The summed E-state index contributed by atoms with van der Waals surface area (Å²) in [6.45, 7) is 3.35. The molecule has 1 atom stereocenters. The maximum absolute atomic E-state index is 4.65. The largest absolute Gasteiger partial charge is 0.314 e. The lowest BCUT2D eigenvalue weighted by molar-refractivity contribution is 0.500. The van der Waals surface area contributed by atoms with Crippen LogP contribution >= 0.6 is 11.3 Å². The highest BCUT2D eigenvalue weighted by atomic mass is 32.1. The van der Waals surface area contributed by atoms with Crippen LogP contribution in [0.5, 0.6) is 0 Å². The van der Waals surface area contributed by atoms with Gasteiger partial charge in [-0.3, -0.25) is 0 Å². The molecule has 0 amide bonds. The van der Waals surface area contributed by atoms with Gasteiger partial charge in [-0.05, 0) is 37.8 Å². The van der Waals surface area contributed by atoms with Gasteiger partial charge in [-0.2, -0.15) is 0 Å². The fourth-order valence-electron chi connectivity index (χ4n) is 2.20. The van der Waals surface area contributed by atoms with Gasteiger partial charge in [0.25, 0.3) is 0 Å². The van der Waals surface area contributed by atoms with Gasteiger partial charge in [-0.15, -0.1) is 11.3 Å². The maximum Gasteiger partial charge on any atom is 0.0951 e. The van der Waals surface area contributed by atoms with Crippen LogP contribution in [0, 0.1) is 5.92 Å². The van der Waals surface area contributed by atoms with Crippen LogP contribution in [0.15, 0.2) is 24.3 Å². The number of nitrogens with one attached hydrogen (secondary N) is 1. The number of hydrogen-bond acceptors (Lipinski definition) is 3. The number of aromatic nitrogens is 1. The van der Waals surface area contributed by atoms with Gasteiger partial charge < -0.3 is 5.32 Å². The second-order valence-corrected chi connectivity index (χ2v) is 6.02. The zero-order chi connectivity index (χ0) is 11.7. The average Bonchev–Trinajstić information content (AvgIpc) is 3.09.